The number of thiazole rings is 1. The molecule has 1 heterocycles. The third kappa shape index (κ3) is 2.29. The van der Waals surface area contributed by atoms with Gasteiger partial charge in [0.2, 0.25) is 0 Å². The van der Waals surface area contributed by atoms with Crippen molar-refractivity contribution >= 4 is 11.3 Å². The molecule has 0 aromatic carbocycles. The first kappa shape index (κ1) is 9.68. The molecular weight excluding hydrogens is 170 g/mol. The predicted octanol–water partition coefficient (Wildman–Crippen LogP) is 1.98. The summed E-state index contributed by atoms with van der Waals surface area (Å²) in [7, 11) is 0. The smallest absolute Gasteiger partial charge is 0.0951 e. The van der Waals surface area contributed by atoms with E-state index >= 15 is 0 Å². The van der Waals surface area contributed by atoms with Crippen LogP contribution in [-0.2, 0) is 11.8 Å². The Kier molecular flexibility index (Phi) is 2.85. The van der Waals surface area contributed by atoms with Gasteiger partial charge in [0, 0.05) is 23.8 Å². The normalized spacial score (nSPS) is 12.0. The van der Waals surface area contributed by atoms with Gasteiger partial charge in [0.05, 0.1) is 10.7 Å². The molecule has 2 nitrogen and oxygen atoms in total. The summed E-state index contributed by atoms with van der Waals surface area (Å²) < 4.78 is 0. The summed E-state index contributed by atoms with van der Waals surface area (Å²) in [5.41, 5.74) is 1.25. The topological polar surface area (TPSA) is 33.1 Å². The molecule has 0 aliphatic heterocycles. The molecule has 1 aromatic rings. The molecule has 68 valence electrons. The maximum atomic E-state index is 8.70. The van der Waals surface area contributed by atoms with Crippen LogP contribution in [0.25, 0.3) is 0 Å². The van der Waals surface area contributed by atoms with Crippen molar-refractivity contribution in [3.63, 3.8) is 0 Å². The Morgan fingerprint density at radius 3 is 2.58 bits per heavy atom. The van der Waals surface area contributed by atoms with Crippen LogP contribution in [0, 0.1) is 0 Å². The van der Waals surface area contributed by atoms with Crippen molar-refractivity contribution in [1.29, 1.82) is 0 Å². The van der Waals surface area contributed by atoms with Gasteiger partial charge in [0.15, 0.2) is 0 Å². The van der Waals surface area contributed by atoms with E-state index < -0.39 is 0 Å². The van der Waals surface area contributed by atoms with E-state index in [1.54, 1.807) is 11.3 Å². The van der Waals surface area contributed by atoms with E-state index in [4.69, 9.17) is 5.11 Å². The Morgan fingerprint density at radius 1 is 1.50 bits per heavy atom. The van der Waals surface area contributed by atoms with Gasteiger partial charge in [-0.05, 0) is 0 Å². The van der Waals surface area contributed by atoms with Crippen LogP contribution in [0.3, 0.4) is 0 Å². The van der Waals surface area contributed by atoms with Crippen LogP contribution in [0.4, 0.5) is 0 Å². The largest absolute Gasteiger partial charge is 0.396 e. The fourth-order valence-corrected chi connectivity index (χ4v) is 1.88. The number of hydrogen-bond acceptors (Lipinski definition) is 3. The number of rotatable bonds is 2. The zero-order valence-corrected chi connectivity index (χ0v) is 8.61. The summed E-state index contributed by atoms with van der Waals surface area (Å²) in [6.45, 7) is 6.62. The minimum Gasteiger partial charge on any atom is -0.396 e. The Labute approximate surface area is 77.3 Å². The molecule has 0 atom stereocenters. The average molecular weight is 185 g/mol. The molecule has 0 saturated carbocycles. The van der Waals surface area contributed by atoms with E-state index in [1.807, 2.05) is 0 Å². The zero-order valence-electron chi connectivity index (χ0n) is 7.79. The van der Waals surface area contributed by atoms with E-state index in [0.717, 1.165) is 10.7 Å². The van der Waals surface area contributed by atoms with Gasteiger partial charge in [0.1, 0.15) is 0 Å². The van der Waals surface area contributed by atoms with Gasteiger partial charge in [-0.25, -0.2) is 4.98 Å². The number of aliphatic hydroxyl groups is 1. The lowest BCUT2D eigenvalue weighted by Crippen LogP contribution is -2.11. The molecule has 1 rings (SSSR count). The second kappa shape index (κ2) is 3.54. The van der Waals surface area contributed by atoms with Gasteiger partial charge in [-0.3, -0.25) is 0 Å². The van der Waals surface area contributed by atoms with Gasteiger partial charge in [-0.15, -0.1) is 11.3 Å². The Bertz CT molecular complexity index is 249. The molecule has 0 radical (unpaired) electrons. The molecule has 0 bridgehead atoms. The third-order valence-electron chi connectivity index (χ3n) is 1.65. The van der Waals surface area contributed by atoms with Crippen LogP contribution in [0.1, 0.15) is 31.5 Å². The van der Waals surface area contributed by atoms with E-state index in [2.05, 4.69) is 31.1 Å². The van der Waals surface area contributed by atoms with Gasteiger partial charge in [-0.1, -0.05) is 20.8 Å². The highest BCUT2D eigenvalue weighted by Gasteiger charge is 2.16. The first-order valence-electron chi connectivity index (χ1n) is 4.10. The summed E-state index contributed by atoms with van der Waals surface area (Å²) in [4.78, 5) is 4.43. The summed E-state index contributed by atoms with van der Waals surface area (Å²) >= 11 is 1.63. The fourth-order valence-electron chi connectivity index (χ4n) is 0.866. The second-order valence-corrected chi connectivity index (χ2v) is 4.79. The van der Waals surface area contributed by atoms with Gasteiger partial charge in [0.25, 0.3) is 0 Å². The van der Waals surface area contributed by atoms with Crippen molar-refractivity contribution in [2.24, 2.45) is 0 Å². The van der Waals surface area contributed by atoms with E-state index in [0.29, 0.717) is 6.42 Å². The summed E-state index contributed by atoms with van der Waals surface area (Å²) in [6, 6.07) is 0. The van der Waals surface area contributed by atoms with E-state index in [9.17, 15) is 0 Å². The molecule has 0 spiro atoms. The summed E-state index contributed by atoms with van der Waals surface area (Å²) in [6.07, 6.45) is 0.681. The van der Waals surface area contributed by atoms with Crippen molar-refractivity contribution in [3.8, 4) is 0 Å². The van der Waals surface area contributed by atoms with Crippen LogP contribution in [0.5, 0.6) is 0 Å². The molecule has 0 fully saturated rings. The highest BCUT2D eigenvalue weighted by atomic mass is 32.1. The number of aromatic nitrogens is 1. The molecule has 12 heavy (non-hydrogen) atoms. The van der Waals surface area contributed by atoms with Crippen molar-refractivity contribution in [1.82, 2.24) is 4.98 Å². The van der Waals surface area contributed by atoms with Crippen LogP contribution in [-0.4, -0.2) is 16.7 Å². The minimum atomic E-state index is 0.129. The van der Waals surface area contributed by atoms with E-state index in [-0.39, 0.29) is 12.0 Å². The van der Waals surface area contributed by atoms with Crippen molar-refractivity contribution in [2.75, 3.05) is 6.61 Å². The molecule has 3 heteroatoms. The van der Waals surface area contributed by atoms with Crippen molar-refractivity contribution in [2.45, 2.75) is 32.6 Å². The Balaban J connectivity index is 2.77. The zero-order chi connectivity index (χ0) is 9.19. The van der Waals surface area contributed by atoms with Gasteiger partial charge >= 0.3 is 0 Å². The lowest BCUT2D eigenvalue weighted by molar-refractivity contribution is 0.299. The molecule has 0 unspecified atom stereocenters. The standard InChI is InChI=1S/C9H15NOS/c1-9(2,3)7-6-12-8(10-7)4-5-11/h6,11H,4-5H2,1-3H3. The molecule has 0 aliphatic carbocycles. The SMILES string of the molecule is CC(C)(C)c1csc(CCO)n1. The van der Waals surface area contributed by atoms with Crippen LogP contribution < -0.4 is 0 Å². The number of nitrogens with zero attached hydrogens (tertiary/aromatic N) is 1. The maximum Gasteiger partial charge on any atom is 0.0951 e. The first-order chi connectivity index (χ1) is 5.54. The minimum absolute atomic E-state index is 0.129. The predicted molar refractivity (Wildman–Crippen MR) is 51.6 cm³/mol. The molecule has 1 aromatic heterocycles. The maximum absolute atomic E-state index is 8.70. The van der Waals surface area contributed by atoms with Crippen molar-refractivity contribution in [3.05, 3.63) is 16.1 Å². The monoisotopic (exact) mass is 185 g/mol. The highest BCUT2D eigenvalue weighted by molar-refractivity contribution is 7.09. The molecule has 0 aliphatic rings. The van der Waals surface area contributed by atoms with E-state index in [1.165, 1.54) is 0 Å². The Morgan fingerprint density at radius 2 is 2.17 bits per heavy atom. The molecular formula is C9H15NOS. The highest BCUT2D eigenvalue weighted by Crippen LogP contribution is 2.23. The quantitative estimate of drug-likeness (QED) is 0.764. The Hall–Kier alpha value is -0.410. The summed E-state index contributed by atoms with van der Waals surface area (Å²) in [5, 5.41) is 11.8. The average Bonchev–Trinajstić information content (AvgIpc) is 2.35. The molecule has 1 N–H and O–H groups in total. The fraction of sp³-hybridized carbons (Fsp3) is 0.667. The van der Waals surface area contributed by atoms with Gasteiger partial charge in [-0.2, -0.15) is 0 Å². The van der Waals surface area contributed by atoms with Crippen LogP contribution >= 0.6 is 11.3 Å². The lowest BCUT2D eigenvalue weighted by Gasteiger charge is -2.14. The van der Waals surface area contributed by atoms with Crippen molar-refractivity contribution < 1.29 is 5.11 Å². The molecule has 0 amide bonds. The number of hydrogen-bond donors (Lipinski definition) is 1. The summed E-state index contributed by atoms with van der Waals surface area (Å²) in [5.74, 6) is 0. The lowest BCUT2D eigenvalue weighted by atomic mass is 9.93. The number of aliphatic hydroxyl groups excluding tert-OH is 1. The second-order valence-electron chi connectivity index (χ2n) is 3.85. The van der Waals surface area contributed by atoms with Crippen LogP contribution in [0.2, 0.25) is 0 Å². The third-order valence-corrected chi connectivity index (χ3v) is 2.55. The molecule has 0 saturated heterocycles. The first-order valence-corrected chi connectivity index (χ1v) is 4.98. The van der Waals surface area contributed by atoms with Gasteiger partial charge < -0.3 is 5.11 Å². The van der Waals surface area contributed by atoms with Crippen LogP contribution in [0.15, 0.2) is 5.38 Å².